The number of pyridine rings is 1. The normalized spacial score (nSPS) is 23.5. The minimum Gasteiger partial charge on any atom is -0.391 e. The van der Waals surface area contributed by atoms with Crippen molar-refractivity contribution >= 4 is 15.8 Å². The molecule has 0 aromatic carbocycles. The topological polar surface area (TPSA) is 91.3 Å². The maximum atomic E-state index is 12.4. The molecular formula is C14H23N3O3S. The van der Waals surface area contributed by atoms with Crippen molar-refractivity contribution in [3.63, 3.8) is 0 Å². The van der Waals surface area contributed by atoms with Crippen LogP contribution >= 0.6 is 0 Å². The van der Waals surface area contributed by atoms with Crippen molar-refractivity contribution in [2.75, 3.05) is 11.9 Å². The molecule has 0 spiro atoms. The fraction of sp³-hybridized carbons (Fsp3) is 0.643. The SMILES string of the molecule is CCNc1cc(S(=O)(=O)NC2CCCCCC2O)ccn1. The van der Waals surface area contributed by atoms with Gasteiger partial charge in [0.05, 0.1) is 11.0 Å². The summed E-state index contributed by atoms with van der Waals surface area (Å²) in [6, 6.07) is 2.56. The van der Waals surface area contributed by atoms with Crippen LogP contribution in [0.4, 0.5) is 5.82 Å². The van der Waals surface area contributed by atoms with Crippen LogP contribution < -0.4 is 10.0 Å². The van der Waals surface area contributed by atoms with Gasteiger partial charge in [-0.1, -0.05) is 19.3 Å². The number of anilines is 1. The molecule has 2 rings (SSSR count). The molecule has 1 aliphatic rings. The average Bonchev–Trinajstić information content (AvgIpc) is 2.65. The highest BCUT2D eigenvalue weighted by molar-refractivity contribution is 7.89. The number of rotatable bonds is 5. The van der Waals surface area contributed by atoms with Crippen molar-refractivity contribution in [3.8, 4) is 0 Å². The van der Waals surface area contributed by atoms with Gasteiger partial charge >= 0.3 is 0 Å². The third kappa shape index (κ3) is 4.39. The maximum Gasteiger partial charge on any atom is 0.241 e. The van der Waals surface area contributed by atoms with Crippen molar-refractivity contribution in [3.05, 3.63) is 18.3 Å². The molecule has 118 valence electrons. The summed E-state index contributed by atoms with van der Waals surface area (Å²) in [5, 5.41) is 13.0. The lowest BCUT2D eigenvalue weighted by Gasteiger charge is -2.21. The first-order valence-corrected chi connectivity index (χ1v) is 8.91. The zero-order valence-corrected chi connectivity index (χ0v) is 13.1. The molecule has 1 aromatic rings. The predicted octanol–water partition coefficient (Wildman–Crippen LogP) is 1.49. The van der Waals surface area contributed by atoms with Gasteiger partial charge in [0, 0.05) is 24.8 Å². The number of hydrogen-bond donors (Lipinski definition) is 3. The number of nitrogens with one attached hydrogen (secondary N) is 2. The zero-order chi connectivity index (χ0) is 15.3. The molecule has 1 aliphatic carbocycles. The van der Waals surface area contributed by atoms with Gasteiger partial charge in [0.2, 0.25) is 10.0 Å². The van der Waals surface area contributed by atoms with E-state index in [0.29, 0.717) is 25.2 Å². The van der Waals surface area contributed by atoms with E-state index in [2.05, 4.69) is 15.0 Å². The molecule has 21 heavy (non-hydrogen) atoms. The number of aromatic nitrogens is 1. The van der Waals surface area contributed by atoms with E-state index in [1.807, 2.05) is 6.92 Å². The summed E-state index contributed by atoms with van der Waals surface area (Å²) in [6.45, 7) is 2.59. The number of aliphatic hydroxyl groups is 1. The van der Waals surface area contributed by atoms with Gasteiger partial charge in [-0.15, -0.1) is 0 Å². The largest absolute Gasteiger partial charge is 0.391 e. The summed E-state index contributed by atoms with van der Waals surface area (Å²) < 4.78 is 27.5. The van der Waals surface area contributed by atoms with Crippen molar-refractivity contribution < 1.29 is 13.5 Å². The van der Waals surface area contributed by atoms with Crippen molar-refractivity contribution in [2.45, 2.75) is 56.1 Å². The second-order valence-electron chi connectivity index (χ2n) is 5.34. The van der Waals surface area contributed by atoms with E-state index in [4.69, 9.17) is 0 Å². The second kappa shape index (κ2) is 7.20. The van der Waals surface area contributed by atoms with E-state index in [1.54, 1.807) is 0 Å². The van der Waals surface area contributed by atoms with Crippen LogP contribution in [-0.2, 0) is 10.0 Å². The Bertz CT molecular complexity index is 562. The number of aliphatic hydroxyl groups excluding tert-OH is 1. The highest BCUT2D eigenvalue weighted by atomic mass is 32.2. The predicted molar refractivity (Wildman–Crippen MR) is 81.6 cm³/mol. The summed E-state index contributed by atoms with van der Waals surface area (Å²) in [5.74, 6) is 0.529. The minimum absolute atomic E-state index is 0.171. The lowest BCUT2D eigenvalue weighted by Crippen LogP contribution is -2.42. The standard InChI is InChI=1S/C14H23N3O3S/c1-2-15-14-10-11(8-9-16-14)21(19,20)17-12-6-4-3-5-7-13(12)18/h8-10,12-13,17-18H,2-7H2,1H3,(H,15,16). The highest BCUT2D eigenvalue weighted by Crippen LogP contribution is 2.20. The Morgan fingerprint density at radius 3 is 2.86 bits per heavy atom. The molecule has 1 fully saturated rings. The van der Waals surface area contributed by atoms with E-state index >= 15 is 0 Å². The molecule has 1 aromatic heterocycles. The maximum absolute atomic E-state index is 12.4. The fourth-order valence-corrected chi connectivity index (χ4v) is 3.87. The van der Waals surface area contributed by atoms with E-state index in [0.717, 1.165) is 19.3 Å². The van der Waals surface area contributed by atoms with E-state index in [9.17, 15) is 13.5 Å². The molecule has 0 amide bonds. The molecule has 0 saturated heterocycles. The van der Waals surface area contributed by atoms with Gasteiger partial charge in [0.25, 0.3) is 0 Å². The summed E-state index contributed by atoms with van der Waals surface area (Å²) in [5.41, 5.74) is 0. The Hall–Kier alpha value is -1.18. The van der Waals surface area contributed by atoms with Gasteiger partial charge in [-0.3, -0.25) is 0 Å². The Morgan fingerprint density at radius 1 is 1.33 bits per heavy atom. The van der Waals surface area contributed by atoms with Crippen molar-refractivity contribution in [1.82, 2.24) is 9.71 Å². The first-order valence-electron chi connectivity index (χ1n) is 7.43. The van der Waals surface area contributed by atoms with Crippen LogP contribution in [0.15, 0.2) is 23.2 Å². The summed E-state index contributed by atoms with van der Waals surface area (Å²) in [7, 11) is -3.64. The molecule has 1 saturated carbocycles. The fourth-order valence-electron chi connectivity index (χ4n) is 2.55. The van der Waals surface area contributed by atoms with E-state index in [1.165, 1.54) is 18.3 Å². The third-order valence-corrected chi connectivity index (χ3v) is 5.17. The molecule has 6 nitrogen and oxygen atoms in total. The quantitative estimate of drug-likeness (QED) is 0.716. The van der Waals surface area contributed by atoms with Gasteiger partial charge in [0.15, 0.2) is 0 Å². The zero-order valence-electron chi connectivity index (χ0n) is 12.2. The molecule has 0 bridgehead atoms. The lowest BCUT2D eigenvalue weighted by atomic mass is 10.1. The van der Waals surface area contributed by atoms with Gasteiger partial charge < -0.3 is 10.4 Å². The molecular weight excluding hydrogens is 290 g/mol. The first-order chi connectivity index (χ1) is 10.0. The van der Waals surface area contributed by atoms with Crippen LogP contribution in [-0.4, -0.2) is 37.2 Å². The lowest BCUT2D eigenvalue weighted by molar-refractivity contribution is 0.130. The molecule has 2 atom stereocenters. The van der Waals surface area contributed by atoms with Crippen LogP contribution in [0.25, 0.3) is 0 Å². The summed E-state index contributed by atoms with van der Waals surface area (Å²) >= 11 is 0. The van der Waals surface area contributed by atoms with Crippen molar-refractivity contribution in [2.24, 2.45) is 0 Å². The number of hydrogen-bond acceptors (Lipinski definition) is 5. The van der Waals surface area contributed by atoms with E-state index < -0.39 is 22.2 Å². The number of nitrogens with zero attached hydrogens (tertiary/aromatic N) is 1. The van der Waals surface area contributed by atoms with E-state index in [-0.39, 0.29) is 4.90 Å². The van der Waals surface area contributed by atoms with Crippen LogP contribution in [0.3, 0.4) is 0 Å². The molecule has 7 heteroatoms. The molecule has 0 radical (unpaired) electrons. The number of sulfonamides is 1. The smallest absolute Gasteiger partial charge is 0.241 e. The second-order valence-corrected chi connectivity index (χ2v) is 7.05. The summed E-state index contributed by atoms with van der Waals surface area (Å²) in [6.07, 6.45) is 5.09. The van der Waals surface area contributed by atoms with Gasteiger partial charge in [-0.25, -0.2) is 18.1 Å². The summed E-state index contributed by atoms with van der Waals surface area (Å²) in [4.78, 5) is 4.24. The molecule has 3 N–H and O–H groups in total. The monoisotopic (exact) mass is 313 g/mol. The van der Waals surface area contributed by atoms with Crippen LogP contribution in [0.1, 0.15) is 39.0 Å². The highest BCUT2D eigenvalue weighted by Gasteiger charge is 2.27. The minimum atomic E-state index is -3.64. The Morgan fingerprint density at radius 2 is 2.10 bits per heavy atom. The van der Waals surface area contributed by atoms with Gasteiger partial charge in [-0.2, -0.15) is 0 Å². The Kier molecular flexibility index (Phi) is 5.55. The Labute approximate surface area is 126 Å². The van der Waals surface area contributed by atoms with Crippen LogP contribution in [0, 0.1) is 0 Å². The van der Waals surface area contributed by atoms with Crippen molar-refractivity contribution in [1.29, 1.82) is 0 Å². The first kappa shape index (κ1) is 16.2. The van der Waals surface area contributed by atoms with Gasteiger partial charge in [-0.05, 0) is 25.8 Å². The molecule has 2 unspecified atom stereocenters. The van der Waals surface area contributed by atoms with Gasteiger partial charge in [0.1, 0.15) is 5.82 Å². The Balaban J connectivity index is 2.15. The third-order valence-electron chi connectivity index (χ3n) is 3.69. The molecule has 0 aliphatic heterocycles. The molecule has 1 heterocycles. The average molecular weight is 313 g/mol. The van der Waals surface area contributed by atoms with Crippen LogP contribution in [0.5, 0.6) is 0 Å². The van der Waals surface area contributed by atoms with Crippen LogP contribution in [0.2, 0.25) is 0 Å².